The summed E-state index contributed by atoms with van der Waals surface area (Å²) in [5, 5.41) is 0. The highest BCUT2D eigenvalue weighted by atomic mass is 14.3. The van der Waals surface area contributed by atoms with Gasteiger partial charge >= 0.3 is 0 Å². The largest absolute Gasteiger partial charge is 0.103 e. The van der Waals surface area contributed by atoms with Gasteiger partial charge in [0.05, 0.1) is 0 Å². The van der Waals surface area contributed by atoms with Crippen molar-refractivity contribution >= 4 is 0 Å². The first-order chi connectivity index (χ1) is 9.76. The average Bonchev–Trinajstić information content (AvgIpc) is 2.44. The van der Waals surface area contributed by atoms with Crippen LogP contribution >= 0.6 is 0 Å². The lowest BCUT2D eigenvalue weighted by atomic mass is 9.78. The second-order valence-corrected chi connectivity index (χ2v) is 5.52. The molecule has 4 atom stereocenters. The van der Waals surface area contributed by atoms with Crippen LogP contribution in [0.5, 0.6) is 0 Å². The third-order valence-electron chi connectivity index (χ3n) is 4.07. The standard InChI is InChI=1S/C20H28/c1-5-9-17-13-14-19(11-7-3)20(12-8-4)16-15-18(17)10-6-2/h5-8,13-20H,1-4,9-12H2. The third-order valence-corrected chi connectivity index (χ3v) is 4.07. The Morgan fingerprint density at radius 1 is 0.500 bits per heavy atom. The Hall–Kier alpha value is -1.56. The van der Waals surface area contributed by atoms with Crippen molar-refractivity contribution in [1.82, 2.24) is 0 Å². The van der Waals surface area contributed by atoms with Crippen molar-refractivity contribution in [1.29, 1.82) is 0 Å². The van der Waals surface area contributed by atoms with E-state index in [2.05, 4.69) is 50.6 Å². The zero-order chi connectivity index (χ0) is 14.8. The predicted octanol–water partition coefficient (Wildman–Crippen LogP) is 5.88. The molecule has 4 unspecified atom stereocenters. The quantitative estimate of drug-likeness (QED) is 0.482. The van der Waals surface area contributed by atoms with Gasteiger partial charge in [-0.3, -0.25) is 0 Å². The van der Waals surface area contributed by atoms with E-state index < -0.39 is 0 Å². The van der Waals surface area contributed by atoms with Gasteiger partial charge in [-0.1, -0.05) is 48.6 Å². The van der Waals surface area contributed by atoms with E-state index in [1.165, 1.54) is 0 Å². The Balaban J connectivity index is 2.98. The van der Waals surface area contributed by atoms with Gasteiger partial charge in [0, 0.05) is 0 Å². The van der Waals surface area contributed by atoms with Crippen LogP contribution in [-0.2, 0) is 0 Å². The van der Waals surface area contributed by atoms with E-state index in [4.69, 9.17) is 0 Å². The summed E-state index contributed by atoms with van der Waals surface area (Å²) < 4.78 is 0. The van der Waals surface area contributed by atoms with Crippen LogP contribution in [-0.4, -0.2) is 0 Å². The van der Waals surface area contributed by atoms with Gasteiger partial charge in [0.1, 0.15) is 0 Å². The van der Waals surface area contributed by atoms with Crippen LogP contribution in [0.3, 0.4) is 0 Å². The van der Waals surface area contributed by atoms with Crippen molar-refractivity contribution in [2.24, 2.45) is 23.7 Å². The molecule has 0 bridgehead atoms. The fraction of sp³-hybridized carbons (Fsp3) is 0.400. The highest BCUT2D eigenvalue weighted by molar-refractivity contribution is 5.12. The molecular weight excluding hydrogens is 240 g/mol. The highest BCUT2D eigenvalue weighted by Crippen LogP contribution is 2.32. The first-order valence-corrected chi connectivity index (χ1v) is 7.57. The van der Waals surface area contributed by atoms with E-state index in [0.29, 0.717) is 23.7 Å². The van der Waals surface area contributed by atoms with Crippen LogP contribution < -0.4 is 0 Å². The Kier molecular flexibility index (Phi) is 7.72. The molecule has 0 aliphatic heterocycles. The third kappa shape index (κ3) is 4.85. The first-order valence-electron chi connectivity index (χ1n) is 7.57. The smallest absolute Gasteiger partial charge is 0.0133 e. The molecule has 0 nitrogen and oxygen atoms in total. The maximum atomic E-state index is 3.89. The fourth-order valence-corrected chi connectivity index (χ4v) is 2.92. The lowest BCUT2D eigenvalue weighted by Crippen LogP contribution is -2.16. The van der Waals surface area contributed by atoms with E-state index in [1.807, 2.05) is 24.3 Å². The van der Waals surface area contributed by atoms with Crippen LogP contribution in [0.2, 0.25) is 0 Å². The molecule has 0 aromatic heterocycles. The minimum atomic E-state index is 0.527. The Bertz CT molecular complexity index is 309. The Morgan fingerprint density at radius 2 is 0.700 bits per heavy atom. The van der Waals surface area contributed by atoms with Gasteiger partial charge in [0.15, 0.2) is 0 Å². The Morgan fingerprint density at radius 3 is 0.850 bits per heavy atom. The molecule has 0 aromatic rings. The van der Waals surface area contributed by atoms with Crippen molar-refractivity contribution in [3.05, 3.63) is 74.9 Å². The molecule has 1 aliphatic carbocycles. The number of hydrogen-bond acceptors (Lipinski definition) is 0. The Labute approximate surface area is 125 Å². The number of rotatable bonds is 8. The van der Waals surface area contributed by atoms with Gasteiger partial charge in [-0.2, -0.15) is 0 Å². The highest BCUT2D eigenvalue weighted by Gasteiger charge is 2.21. The SMILES string of the molecule is C=CCC1C=CC(CC=C)C(CC=C)C=CC1CC=C. The summed E-state index contributed by atoms with van der Waals surface area (Å²) in [6, 6.07) is 0. The molecule has 0 spiro atoms. The van der Waals surface area contributed by atoms with Gasteiger partial charge in [-0.15, -0.1) is 26.3 Å². The molecule has 1 aliphatic rings. The van der Waals surface area contributed by atoms with E-state index in [9.17, 15) is 0 Å². The molecule has 0 N–H and O–H groups in total. The van der Waals surface area contributed by atoms with Crippen LogP contribution in [0.4, 0.5) is 0 Å². The average molecular weight is 268 g/mol. The molecular formula is C20H28. The summed E-state index contributed by atoms with van der Waals surface area (Å²) in [5.41, 5.74) is 0. The summed E-state index contributed by atoms with van der Waals surface area (Å²) in [5.74, 6) is 2.11. The minimum Gasteiger partial charge on any atom is -0.103 e. The van der Waals surface area contributed by atoms with Gasteiger partial charge < -0.3 is 0 Å². The molecule has 1 rings (SSSR count). The van der Waals surface area contributed by atoms with E-state index in [1.54, 1.807) is 0 Å². The molecule has 20 heavy (non-hydrogen) atoms. The molecule has 108 valence electrons. The van der Waals surface area contributed by atoms with Crippen molar-refractivity contribution in [3.8, 4) is 0 Å². The summed E-state index contributed by atoms with van der Waals surface area (Å²) in [7, 11) is 0. The van der Waals surface area contributed by atoms with Crippen molar-refractivity contribution < 1.29 is 0 Å². The minimum absolute atomic E-state index is 0.527. The number of allylic oxidation sites excluding steroid dienone is 8. The second-order valence-electron chi connectivity index (χ2n) is 5.52. The van der Waals surface area contributed by atoms with Gasteiger partial charge in [-0.25, -0.2) is 0 Å². The maximum Gasteiger partial charge on any atom is -0.0133 e. The summed E-state index contributed by atoms with van der Waals surface area (Å²) in [6.45, 7) is 15.6. The molecule has 0 saturated carbocycles. The fourth-order valence-electron chi connectivity index (χ4n) is 2.92. The molecule has 0 radical (unpaired) electrons. The molecule has 0 heterocycles. The van der Waals surface area contributed by atoms with Crippen LogP contribution in [0.25, 0.3) is 0 Å². The molecule has 0 amide bonds. The molecule has 0 heteroatoms. The van der Waals surface area contributed by atoms with E-state index in [-0.39, 0.29) is 0 Å². The molecule has 0 saturated heterocycles. The summed E-state index contributed by atoms with van der Waals surface area (Å²) in [4.78, 5) is 0. The van der Waals surface area contributed by atoms with Gasteiger partial charge in [0.2, 0.25) is 0 Å². The normalized spacial score (nSPS) is 29.2. The van der Waals surface area contributed by atoms with Crippen LogP contribution in [0, 0.1) is 23.7 Å². The molecule has 0 fully saturated rings. The van der Waals surface area contributed by atoms with Gasteiger partial charge in [0.25, 0.3) is 0 Å². The summed E-state index contributed by atoms with van der Waals surface area (Å²) in [6.07, 6.45) is 21.7. The second kappa shape index (κ2) is 9.36. The van der Waals surface area contributed by atoms with Crippen LogP contribution in [0.1, 0.15) is 25.7 Å². The monoisotopic (exact) mass is 268 g/mol. The lowest BCUT2D eigenvalue weighted by Gasteiger charge is -2.27. The lowest BCUT2D eigenvalue weighted by molar-refractivity contribution is 0.434. The summed E-state index contributed by atoms with van der Waals surface area (Å²) >= 11 is 0. The number of hydrogen-bond donors (Lipinski definition) is 0. The van der Waals surface area contributed by atoms with Crippen molar-refractivity contribution in [2.75, 3.05) is 0 Å². The van der Waals surface area contributed by atoms with Gasteiger partial charge in [-0.05, 0) is 49.4 Å². The molecule has 0 aromatic carbocycles. The topological polar surface area (TPSA) is 0 Å². The zero-order valence-electron chi connectivity index (χ0n) is 12.6. The van der Waals surface area contributed by atoms with Crippen LogP contribution in [0.15, 0.2) is 74.9 Å². The maximum absolute atomic E-state index is 3.89. The zero-order valence-corrected chi connectivity index (χ0v) is 12.6. The van der Waals surface area contributed by atoms with Crippen molar-refractivity contribution in [3.63, 3.8) is 0 Å². The first kappa shape index (κ1) is 16.5. The van der Waals surface area contributed by atoms with E-state index in [0.717, 1.165) is 25.7 Å². The predicted molar refractivity (Wildman–Crippen MR) is 91.5 cm³/mol. The van der Waals surface area contributed by atoms with E-state index >= 15 is 0 Å². The van der Waals surface area contributed by atoms with Crippen molar-refractivity contribution in [2.45, 2.75) is 25.7 Å².